The van der Waals surface area contributed by atoms with Crippen molar-refractivity contribution in [3.63, 3.8) is 0 Å². The number of amides is 1. The Labute approximate surface area is 102 Å². The maximum Gasteiger partial charge on any atom is 0.273 e. The number of aromatic nitrogens is 2. The molecule has 1 heterocycles. The number of carbonyl (C=O) groups is 1. The molecule has 4 nitrogen and oxygen atoms in total. The molecule has 0 aliphatic heterocycles. The highest BCUT2D eigenvalue weighted by Crippen LogP contribution is 2.25. The fraction of sp³-hybridized carbons (Fsp3) is 0. The van der Waals surface area contributed by atoms with E-state index < -0.39 is 0 Å². The summed E-state index contributed by atoms with van der Waals surface area (Å²) in [6.07, 6.45) is 2.86. The summed E-state index contributed by atoms with van der Waals surface area (Å²) in [5.41, 5.74) is 0.872. The Balaban J connectivity index is 2.18. The van der Waals surface area contributed by atoms with Gasteiger partial charge in [0.15, 0.2) is 0 Å². The molecule has 0 unspecified atom stereocenters. The average Bonchev–Trinajstić information content (AvgIpc) is 2.75. The van der Waals surface area contributed by atoms with E-state index in [1.54, 1.807) is 18.2 Å². The number of halogens is 2. The van der Waals surface area contributed by atoms with Crippen molar-refractivity contribution in [2.75, 3.05) is 5.32 Å². The number of nitrogens with zero attached hydrogens (tertiary/aromatic N) is 1. The molecule has 0 bridgehead atoms. The molecule has 0 fully saturated rings. The molecule has 6 heteroatoms. The number of carbonyl (C=O) groups excluding carboxylic acids is 1. The molecular formula is C10H7Cl2N3O. The predicted molar refractivity (Wildman–Crippen MR) is 63.0 cm³/mol. The molecule has 2 rings (SSSR count). The summed E-state index contributed by atoms with van der Waals surface area (Å²) in [6.45, 7) is 0. The Morgan fingerprint density at radius 2 is 2.19 bits per heavy atom. The summed E-state index contributed by atoms with van der Waals surface area (Å²) in [4.78, 5) is 18.1. The van der Waals surface area contributed by atoms with Gasteiger partial charge in [-0.3, -0.25) is 4.79 Å². The van der Waals surface area contributed by atoms with E-state index in [9.17, 15) is 4.79 Å². The molecule has 82 valence electrons. The van der Waals surface area contributed by atoms with Crippen molar-refractivity contribution in [2.45, 2.75) is 0 Å². The summed E-state index contributed by atoms with van der Waals surface area (Å²) in [7, 11) is 0. The van der Waals surface area contributed by atoms with Gasteiger partial charge in [0.05, 0.1) is 23.2 Å². The zero-order chi connectivity index (χ0) is 11.5. The molecule has 0 spiro atoms. The first-order valence-electron chi connectivity index (χ1n) is 4.41. The van der Waals surface area contributed by atoms with E-state index in [1.807, 2.05) is 0 Å². The highest BCUT2D eigenvalue weighted by Gasteiger charge is 2.09. The molecule has 16 heavy (non-hydrogen) atoms. The minimum absolute atomic E-state index is 0.304. The van der Waals surface area contributed by atoms with Crippen molar-refractivity contribution in [3.8, 4) is 0 Å². The maximum atomic E-state index is 11.6. The van der Waals surface area contributed by atoms with Crippen LogP contribution in [0, 0.1) is 0 Å². The summed E-state index contributed by atoms with van der Waals surface area (Å²) in [5.74, 6) is -0.304. The number of imidazole rings is 1. The standard InChI is InChI=1S/C10H7Cl2N3O/c11-6-1-2-8(7(12)3-6)15-10(16)9-4-13-5-14-9/h1-5H,(H,13,14)(H,15,16). The SMILES string of the molecule is O=C(Nc1ccc(Cl)cc1Cl)c1cnc[nH]1. The summed E-state index contributed by atoms with van der Waals surface area (Å²) in [5, 5.41) is 3.55. The van der Waals surface area contributed by atoms with Gasteiger partial charge >= 0.3 is 0 Å². The molecule has 0 aliphatic carbocycles. The van der Waals surface area contributed by atoms with Crippen LogP contribution in [0.2, 0.25) is 10.0 Å². The maximum absolute atomic E-state index is 11.6. The van der Waals surface area contributed by atoms with Gasteiger partial charge in [-0.25, -0.2) is 4.98 Å². The van der Waals surface area contributed by atoms with Crippen molar-refractivity contribution >= 4 is 34.8 Å². The Morgan fingerprint density at radius 3 is 2.81 bits per heavy atom. The first-order valence-corrected chi connectivity index (χ1v) is 5.17. The van der Waals surface area contributed by atoms with E-state index in [1.165, 1.54) is 12.5 Å². The van der Waals surface area contributed by atoms with Crippen molar-refractivity contribution in [2.24, 2.45) is 0 Å². The topological polar surface area (TPSA) is 57.8 Å². The number of H-pyrrole nitrogens is 1. The number of hydrogen-bond donors (Lipinski definition) is 2. The van der Waals surface area contributed by atoms with Crippen LogP contribution in [-0.2, 0) is 0 Å². The van der Waals surface area contributed by atoms with Crippen molar-refractivity contribution in [1.29, 1.82) is 0 Å². The molecule has 0 saturated carbocycles. The van der Waals surface area contributed by atoms with Crippen molar-refractivity contribution in [3.05, 3.63) is 46.5 Å². The zero-order valence-electron chi connectivity index (χ0n) is 8.00. The summed E-state index contributed by atoms with van der Waals surface area (Å²) < 4.78 is 0. The molecular weight excluding hydrogens is 249 g/mol. The third kappa shape index (κ3) is 2.35. The average molecular weight is 256 g/mol. The van der Waals surface area contributed by atoms with E-state index >= 15 is 0 Å². The van der Waals surface area contributed by atoms with Gasteiger partial charge in [0.25, 0.3) is 5.91 Å². The van der Waals surface area contributed by atoms with Gasteiger partial charge in [-0.1, -0.05) is 23.2 Å². The second-order valence-corrected chi connectivity index (χ2v) is 3.89. The van der Waals surface area contributed by atoms with Crippen LogP contribution in [0.4, 0.5) is 5.69 Å². The molecule has 1 aromatic carbocycles. The Kier molecular flexibility index (Phi) is 3.12. The van der Waals surface area contributed by atoms with Crippen LogP contribution in [0.1, 0.15) is 10.5 Å². The van der Waals surface area contributed by atoms with Crippen LogP contribution in [0.25, 0.3) is 0 Å². The molecule has 0 saturated heterocycles. The molecule has 0 atom stereocenters. The largest absolute Gasteiger partial charge is 0.341 e. The van der Waals surface area contributed by atoms with E-state index in [4.69, 9.17) is 23.2 Å². The van der Waals surface area contributed by atoms with E-state index in [0.29, 0.717) is 21.4 Å². The lowest BCUT2D eigenvalue weighted by molar-refractivity contribution is 0.102. The lowest BCUT2D eigenvalue weighted by atomic mass is 10.3. The first kappa shape index (κ1) is 11.0. The molecule has 2 N–H and O–H groups in total. The van der Waals surface area contributed by atoms with Gasteiger partial charge in [-0.2, -0.15) is 0 Å². The van der Waals surface area contributed by atoms with Gasteiger partial charge in [-0.15, -0.1) is 0 Å². The van der Waals surface area contributed by atoms with Crippen LogP contribution < -0.4 is 5.32 Å². The Morgan fingerprint density at radius 1 is 1.38 bits per heavy atom. The van der Waals surface area contributed by atoms with Gasteiger partial charge in [0, 0.05) is 5.02 Å². The summed E-state index contributed by atoms with van der Waals surface area (Å²) >= 11 is 11.6. The van der Waals surface area contributed by atoms with Gasteiger partial charge in [-0.05, 0) is 18.2 Å². The van der Waals surface area contributed by atoms with Gasteiger partial charge < -0.3 is 10.3 Å². The Hall–Kier alpha value is -1.52. The van der Waals surface area contributed by atoms with Crippen LogP contribution in [0.3, 0.4) is 0 Å². The number of benzene rings is 1. The lowest BCUT2D eigenvalue weighted by Gasteiger charge is -2.05. The molecule has 2 aromatic rings. The fourth-order valence-electron chi connectivity index (χ4n) is 1.16. The number of aromatic amines is 1. The quantitative estimate of drug-likeness (QED) is 0.867. The monoisotopic (exact) mass is 255 g/mol. The van der Waals surface area contributed by atoms with E-state index in [-0.39, 0.29) is 5.91 Å². The molecule has 0 radical (unpaired) electrons. The van der Waals surface area contributed by atoms with Gasteiger partial charge in [0.1, 0.15) is 5.69 Å². The number of rotatable bonds is 2. The smallest absolute Gasteiger partial charge is 0.273 e. The van der Waals surface area contributed by atoms with E-state index in [0.717, 1.165) is 0 Å². The summed E-state index contributed by atoms with van der Waals surface area (Å²) in [6, 6.07) is 4.85. The molecule has 1 aromatic heterocycles. The third-order valence-corrected chi connectivity index (χ3v) is 2.47. The van der Waals surface area contributed by atoms with Crippen LogP contribution in [0.15, 0.2) is 30.7 Å². The molecule has 1 amide bonds. The van der Waals surface area contributed by atoms with Crippen molar-refractivity contribution < 1.29 is 4.79 Å². The third-order valence-electron chi connectivity index (χ3n) is 1.92. The van der Waals surface area contributed by atoms with Crippen molar-refractivity contribution in [1.82, 2.24) is 9.97 Å². The van der Waals surface area contributed by atoms with E-state index in [2.05, 4.69) is 15.3 Å². The van der Waals surface area contributed by atoms with Crippen LogP contribution in [0.5, 0.6) is 0 Å². The fourth-order valence-corrected chi connectivity index (χ4v) is 1.62. The molecule has 0 aliphatic rings. The number of nitrogens with one attached hydrogen (secondary N) is 2. The van der Waals surface area contributed by atoms with Crippen LogP contribution >= 0.6 is 23.2 Å². The first-order chi connectivity index (χ1) is 7.66. The highest BCUT2D eigenvalue weighted by molar-refractivity contribution is 6.36. The highest BCUT2D eigenvalue weighted by atomic mass is 35.5. The normalized spacial score (nSPS) is 10.1. The lowest BCUT2D eigenvalue weighted by Crippen LogP contribution is -2.12. The minimum atomic E-state index is -0.304. The predicted octanol–water partition coefficient (Wildman–Crippen LogP) is 2.97. The second kappa shape index (κ2) is 4.55. The Bertz CT molecular complexity index is 511. The second-order valence-electron chi connectivity index (χ2n) is 3.04. The number of anilines is 1. The zero-order valence-corrected chi connectivity index (χ0v) is 9.51. The van der Waals surface area contributed by atoms with Crippen LogP contribution in [-0.4, -0.2) is 15.9 Å². The van der Waals surface area contributed by atoms with Gasteiger partial charge in [0.2, 0.25) is 0 Å². The minimum Gasteiger partial charge on any atom is -0.341 e. The number of hydrogen-bond acceptors (Lipinski definition) is 2.